The van der Waals surface area contributed by atoms with Gasteiger partial charge in [-0.05, 0) is 43.8 Å². The van der Waals surface area contributed by atoms with Crippen molar-refractivity contribution >= 4 is 23.0 Å². The fourth-order valence-electron chi connectivity index (χ4n) is 3.41. The van der Waals surface area contributed by atoms with Crippen LogP contribution in [0.3, 0.4) is 0 Å². The maximum absolute atomic E-state index is 5.55. The Kier molecular flexibility index (Phi) is 6.61. The van der Waals surface area contributed by atoms with E-state index >= 15 is 0 Å². The topological polar surface area (TPSA) is 36.5 Å². The van der Waals surface area contributed by atoms with Gasteiger partial charge in [-0.2, -0.15) is 0 Å². The summed E-state index contributed by atoms with van der Waals surface area (Å²) < 4.78 is 5.54. The summed E-state index contributed by atoms with van der Waals surface area (Å²) in [7, 11) is 0. The van der Waals surface area contributed by atoms with Gasteiger partial charge in [-0.1, -0.05) is 48.0 Å². The predicted octanol–water partition coefficient (Wildman–Crippen LogP) is 3.74. The lowest BCUT2D eigenvalue weighted by atomic mass is 9.98. The molecular formula is C21H27N3OS. The normalized spacial score (nSPS) is 17.3. The number of ether oxygens (including phenoxy) is 1. The summed E-state index contributed by atoms with van der Waals surface area (Å²) in [4.78, 5) is 2.48. The molecule has 1 aliphatic rings. The van der Waals surface area contributed by atoms with E-state index in [1.54, 1.807) is 0 Å². The second kappa shape index (κ2) is 9.12. The molecule has 0 aliphatic carbocycles. The number of benzene rings is 2. The molecule has 1 fully saturated rings. The average Bonchev–Trinajstić information content (AvgIpc) is 2.65. The molecular weight excluding hydrogens is 342 g/mol. The molecule has 0 amide bonds. The summed E-state index contributed by atoms with van der Waals surface area (Å²) in [6.45, 7) is 7.70. The molecule has 3 rings (SSSR count). The van der Waals surface area contributed by atoms with Crippen molar-refractivity contribution in [1.29, 1.82) is 0 Å². The second-order valence-corrected chi connectivity index (χ2v) is 7.17. The zero-order chi connectivity index (χ0) is 18.4. The van der Waals surface area contributed by atoms with Gasteiger partial charge in [0.25, 0.3) is 0 Å². The van der Waals surface area contributed by atoms with Gasteiger partial charge in [0.2, 0.25) is 0 Å². The molecule has 5 heteroatoms. The Morgan fingerprint density at radius 1 is 1.04 bits per heavy atom. The van der Waals surface area contributed by atoms with Gasteiger partial charge in [0.05, 0.1) is 19.3 Å². The van der Waals surface area contributed by atoms with Gasteiger partial charge in [0.1, 0.15) is 0 Å². The summed E-state index contributed by atoms with van der Waals surface area (Å²) in [6, 6.07) is 19.3. The van der Waals surface area contributed by atoms with Crippen molar-refractivity contribution < 1.29 is 4.74 Å². The van der Waals surface area contributed by atoms with Crippen LogP contribution >= 0.6 is 12.2 Å². The van der Waals surface area contributed by atoms with Crippen LogP contribution in [0.2, 0.25) is 0 Å². The molecule has 2 aromatic carbocycles. The number of anilines is 1. The first-order valence-electron chi connectivity index (χ1n) is 9.14. The molecule has 0 aromatic heterocycles. The van der Waals surface area contributed by atoms with Crippen LogP contribution in [0.1, 0.15) is 24.1 Å². The van der Waals surface area contributed by atoms with Gasteiger partial charge >= 0.3 is 0 Å². The largest absolute Gasteiger partial charge is 0.379 e. The van der Waals surface area contributed by atoms with Crippen molar-refractivity contribution in [1.82, 2.24) is 10.2 Å². The minimum absolute atomic E-state index is 0.168. The third-order valence-corrected chi connectivity index (χ3v) is 4.94. The van der Waals surface area contributed by atoms with Gasteiger partial charge in [0.15, 0.2) is 5.11 Å². The first-order valence-corrected chi connectivity index (χ1v) is 9.55. The standard InChI is InChI=1S/C21H27N3OS/c1-16-8-10-19(11-9-16)23-21(26)22-17(2)20(18-6-4-3-5-7-18)24-12-14-25-15-13-24/h3-11,17,20H,12-15H2,1-2H3,(H2,22,23,26)/t17-,20-/m1/s1. The van der Waals surface area contributed by atoms with Gasteiger partial charge < -0.3 is 15.4 Å². The highest BCUT2D eigenvalue weighted by molar-refractivity contribution is 7.80. The molecule has 2 aromatic rings. The number of aryl methyl sites for hydroxylation is 1. The number of morpholine rings is 1. The van der Waals surface area contributed by atoms with Gasteiger partial charge in [-0.15, -0.1) is 0 Å². The van der Waals surface area contributed by atoms with Gasteiger partial charge in [-0.3, -0.25) is 4.90 Å². The van der Waals surface area contributed by atoms with Crippen LogP contribution in [0.15, 0.2) is 54.6 Å². The van der Waals surface area contributed by atoms with Crippen LogP contribution < -0.4 is 10.6 Å². The van der Waals surface area contributed by atoms with Crippen LogP contribution in [0, 0.1) is 6.92 Å². The summed E-state index contributed by atoms with van der Waals surface area (Å²) in [5.74, 6) is 0. The Hall–Kier alpha value is -1.95. The van der Waals surface area contributed by atoms with E-state index in [0.717, 1.165) is 32.0 Å². The lowest BCUT2D eigenvalue weighted by molar-refractivity contribution is 0.0102. The van der Waals surface area contributed by atoms with E-state index in [4.69, 9.17) is 17.0 Å². The van der Waals surface area contributed by atoms with Crippen molar-refractivity contribution in [3.8, 4) is 0 Å². The van der Waals surface area contributed by atoms with E-state index in [-0.39, 0.29) is 12.1 Å². The maximum atomic E-state index is 5.55. The Morgan fingerprint density at radius 3 is 2.35 bits per heavy atom. The maximum Gasteiger partial charge on any atom is 0.171 e. The third-order valence-electron chi connectivity index (χ3n) is 4.72. The Morgan fingerprint density at radius 2 is 1.69 bits per heavy atom. The number of hydrogen-bond donors (Lipinski definition) is 2. The van der Waals surface area contributed by atoms with E-state index in [0.29, 0.717) is 5.11 Å². The molecule has 26 heavy (non-hydrogen) atoms. The summed E-state index contributed by atoms with van der Waals surface area (Å²) >= 11 is 5.55. The summed E-state index contributed by atoms with van der Waals surface area (Å²) in [5, 5.41) is 7.41. The predicted molar refractivity (Wildman–Crippen MR) is 112 cm³/mol. The molecule has 1 aliphatic heterocycles. The highest BCUT2D eigenvalue weighted by atomic mass is 32.1. The van der Waals surface area contributed by atoms with Crippen molar-refractivity contribution in [2.24, 2.45) is 0 Å². The molecule has 138 valence electrons. The SMILES string of the molecule is Cc1ccc(NC(=S)N[C@H](C)[C@H](c2ccccc2)N2CCOCC2)cc1. The minimum atomic E-state index is 0.168. The fourth-order valence-corrected chi connectivity index (χ4v) is 3.72. The quantitative estimate of drug-likeness (QED) is 0.785. The zero-order valence-electron chi connectivity index (χ0n) is 15.4. The summed E-state index contributed by atoms with van der Waals surface area (Å²) in [6.07, 6.45) is 0. The van der Waals surface area contributed by atoms with E-state index < -0.39 is 0 Å². The van der Waals surface area contributed by atoms with Crippen LogP contribution in [-0.2, 0) is 4.74 Å². The Labute approximate surface area is 161 Å². The Bertz CT molecular complexity index is 699. The first-order chi connectivity index (χ1) is 12.6. The molecule has 2 N–H and O–H groups in total. The second-order valence-electron chi connectivity index (χ2n) is 6.76. The Balaban J connectivity index is 1.69. The molecule has 0 unspecified atom stereocenters. The summed E-state index contributed by atoms with van der Waals surface area (Å²) in [5.41, 5.74) is 3.54. The fraction of sp³-hybridized carbons (Fsp3) is 0.381. The lowest BCUT2D eigenvalue weighted by Crippen LogP contribution is -2.49. The van der Waals surface area contributed by atoms with E-state index in [1.165, 1.54) is 11.1 Å². The van der Waals surface area contributed by atoms with Gasteiger partial charge in [-0.25, -0.2) is 0 Å². The highest BCUT2D eigenvalue weighted by Gasteiger charge is 2.28. The van der Waals surface area contributed by atoms with Crippen LogP contribution in [-0.4, -0.2) is 42.4 Å². The molecule has 1 saturated heterocycles. The zero-order valence-corrected chi connectivity index (χ0v) is 16.3. The number of rotatable bonds is 5. The van der Waals surface area contributed by atoms with E-state index in [9.17, 15) is 0 Å². The minimum Gasteiger partial charge on any atom is -0.379 e. The van der Waals surface area contributed by atoms with Crippen molar-refractivity contribution in [3.05, 3.63) is 65.7 Å². The van der Waals surface area contributed by atoms with E-state index in [2.05, 4.69) is 71.8 Å². The van der Waals surface area contributed by atoms with Crippen molar-refractivity contribution in [2.75, 3.05) is 31.6 Å². The van der Waals surface area contributed by atoms with E-state index in [1.807, 2.05) is 12.1 Å². The monoisotopic (exact) mass is 369 g/mol. The smallest absolute Gasteiger partial charge is 0.171 e. The number of nitrogens with one attached hydrogen (secondary N) is 2. The van der Waals surface area contributed by atoms with Crippen molar-refractivity contribution in [2.45, 2.75) is 25.9 Å². The average molecular weight is 370 g/mol. The molecule has 0 saturated carbocycles. The molecule has 0 bridgehead atoms. The molecule has 4 nitrogen and oxygen atoms in total. The van der Waals surface area contributed by atoms with Gasteiger partial charge in [0, 0.05) is 24.8 Å². The number of nitrogens with zero attached hydrogens (tertiary/aromatic N) is 1. The highest BCUT2D eigenvalue weighted by Crippen LogP contribution is 2.25. The number of hydrogen-bond acceptors (Lipinski definition) is 3. The lowest BCUT2D eigenvalue weighted by Gasteiger charge is -2.38. The van der Waals surface area contributed by atoms with Crippen molar-refractivity contribution in [3.63, 3.8) is 0 Å². The molecule has 1 heterocycles. The molecule has 2 atom stereocenters. The van der Waals surface area contributed by atoms with Crippen LogP contribution in [0.5, 0.6) is 0 Å². The third kappa shape index (κ3) is 5.04. The van der Waals surface area contributed by atoms with Crippen LogP contribution in [0.4, 0.5) is 5.69 Å². The first kappa shape index (κ1) is 18.8. The molecule has 0 spiro atoms. The number of thiocarbonyl (C=S) groups is 1. The van der Waals surface area contributed by atoms with Crippen LogP contribution in [0.25, 0.3) is 0 Å². The molecule has 0 radical (unpaired) electrons.